The van der Waals surface area contributed by atoms with Crippen LogP contribution in [0.25, 0.3) is 33.0 Å². The second-order valence-electron chi connectivity index (χ2n) is 10.5. The van der Waals surface area contributed by atoms with Gasteiger partial charge in [0.15, 0.2) is 0 Å². The molecular weight excluding hydrogens is 775 g/mol. The first kappa shape index (κ1) is 37.9. The molecule has 0 N–H and O–H groups in total. The number of pyridine rings is 2. The van der Waals surface area contributed by atoms with E-state index in [1.54, 1.807) is 23.5 Å². The van der Waals surface area contributed by atoms with Crippen molar-refractivity contribution >= 4 is 80.0 Å². The van der Waals surface area contributed by atoms with Gasteiger partial charge in [0, 0.05) is 53.9 Å². The van der Waals surface area contributed by atoms with Crippen LogP contribution in [0.3, 0.4) is 0 Å². The zero-order valence-corrected chi connectivity index (χ0v) is 33.4. The Labute approximate surface area is 325 Å². The Kier molecular flexibility index (Phi) is 13.4. The molecule has 4 aliphatic carbocycles. The fourth-order valence-corrected chi connectivity index (χ4v) is 8.07. The van der Waals surface area contributed by atoms with Crippen molar-refractivity contribution in [2.45, 2.75) is 0 Å². The van der Waals surface area contributed by atoms with Gasteiger partial charge < -0.3 is 24.8 Å². The van der Waals surface area contributed by atoms with E-state index in [4.69, 9.17) is 0 Å². The van der Waals surface area contributed by atoms with E-state index in [1.807, 2.05) is 48.1 Å². The van der Waals surface area contributed by atoms with Crippen molar-refractivity contribution in [1.82, 2.24) is 9.97 Å². The normalized spacial score (nSPS) is 15.7. The molecule has 234 valence electrons. The van der Waals surface area contributed by atoms with Crippen molar-refractivity contribution in [3.63, 3.8) is 0 Å². The molecule has 4 aliphatic rings. The van der Waals surface area contributed by atoms with E-state index in [1.165, 1.54) is 75.0 Å². The molecule has 4 aromatic rings. The number of hydrogen-bond donors (Lipinski definition) is 0. The van der Waals surface area contributed by atoms with E-state index in [0.717, 1.165) is 11.0 Å². The van der Waals surface area contributed by atoms with Crippen LogP contribution in [-0.2, 0) is 26.2 Å². The molecule has 0 bridgehead atoms. The molecule has 2 nitrogen and oxygen atoms in total. The molecule has 0 fully saturated rings. The maximum absolute atomic E-state index is 4.61. The molecule has 0 amide bonds. The zero-order chi connectivity index (χ0) is 30.2. The van der Waals surface area contributed by atoms with Gasteiger partial charge in [0.05, 0.1) is 11.0 Å². The molecule has 47 heavy (non-hydrogen) atoms. The van der Waals surface area contributed by atoms with Crippen LogP contribution in [0.5, 0.6) is 0 Å². The maximum Gasteiger partial charge on any atom is 2.00 e. The Morgan fingerprint density at radius 2 is 0.872 bits per heavy atom. The molecule has 0 spiro atoms. The van der Waals surface area contributed by atoms with Crippen molar-refractivity contribution < 1.29 is 51.0 Å². The third-order valence-electron chi connectivity index (χ3n) is 8.10. The van der Waals surface area contributed by atoms with Crippen molar-refractivity contribution in [2.24, 2.45) is 0 Å². The molecule has 2 aromatic heterocycles. The van der Waals surface area contributed by atoms with Gasteiger partial charge in [-0.2, -0.15) is 0 Å². The van der Waals surface area contributed by atoms with Crippen LogP contribution in [-0.4, -0.2) is 35.0 Å². The fourth-order valence-electron chi connectivity index (χ4n) is 5.88. The summed E-state index contributed by atoms with van der Waals surface area (Å²) in [6.45, 7) is 0. The summed E-state index contributed by atoms with van der Waals surface area (Å²) in [6, 6.07) is 21.0. The van der Waals surface area contributed by atoms with E-state index in [0.29, 0.717) is 0 Å². The zero-order valence-electron chi connectivity index (χ0n) is 26.2. The van der Waals surface area contributed by atoms with Crippen LogP contribution in [0.4, 0.5) is 0 Å². The summed E-state index contributed by atoms with van der Waals surface area (Å²) in [6.07, 6.45) is 26.3. The first-order valence-electron chi connectivity index (χ1n) is 14.3. The second kappa shape index (κ2) is 16.6. The third-order valence-corrected chi connectivity index (χ3v) is 11.1. The molecule has 8 rings (SSSR count). The topological polar surface area (TPSA) is 25.8 Å². The number of thioether (sulfide) groups is 4. The fraction of sp³-hybridized carbons (Fsp3) is 0.105. The van der Waals surface area contributed by atoms with E-state index in [2.05, 4.69) is 120 Å². The van der Waals surface area contributed by atoms with Gasteiger partial charge in [0.1, 0.15) is 0 Å². The standard InChI is InChI=1S/2C19H15NS2.2ClH.Zr/c2*1-21-14-8-16-15(10-19(22-2)17(16)9-14)13-7-12-5-3-4-6-18(12)20-11-13;;;/h2*3-11H,1-2H3;2*1H;/q;;;;+2/p-2. The predicted molar refractivity (Wildman–Crippen MR) is 200 cm³/mol. The summed E-state index contributed by atoms with van der Waals surface area (Å²) < 4.78 is 0. The summed E-state index contributed by atoms with van der Waals surface area (Å²) in [5, 5.41) is 2.38. The number of halogens is 2. The van der Waals surface area contributed by atoms with Gasteiger partial charge in [-0.25, -0.2) is 0 Å². The van der Waals surface area contributed by atoms with Crippen LogP contribution in [0.1, 0.15) is 11.1 Å². The van der Waals surface area contributed by atoms with Gasteiger partial charge in [-0.15, -0.1) is 47.0 Å². The number of hydrogen-bond acceptors (Lipinski definition) is 6. The predicted octanol–water partition coefficient (Wildman–Crippen LogP) is 4.88. The molecule has 0 atom stereocenters. The smallest absolute Gasteiger partial charge is 1.00 e. The van der Waals surface area contributed by atoms with Crippen LogP contribution in [0, 0.1) is 0 Å². The van der Waals surface area contributed by atoms with Gasteiger partial charge in [-0.05, 0) is 119 Å². The van der Waals surface area contributed by atoms with Crippen molar-refractivity contribution in [3.8, 4) is 0 Å². The van der Waals surface area contributed by atoms with E-state index < -0.39 is 0 Å². The molecule has 2 aromatic carbocycles. The molecule has 2 heterocycles. The van der Waals surface area contributed by atoms with Crippen LogP contribution in [0.15, 0.2) is 151 Å². The van der Waals surface area contributed by atoms with Crippen LogP contribution >= 0.6 is 47.0 Å². The van der Waals surface area contributed by atoms with Crippen LogP contribution < -0.4 is 24.8 Å². The SMILES string of the molecule is CSC1=CC2=C(c3cnc4ccccc4c3)C=C(SC)C2=C1.CSC1=CC2=C(c3cnc4ccccc4c3)C=C(SC)C2=C1.[Cl-].[Cl-].[Zr+2]. The molecule has 0 aliphatic heterocycles. The number of allylic oxidation sites excluding steroid dienone is 12. The quantitative estimate of drug-likeness (QED) is 0.276. The summed E-state index contributed by atoms with van der Waals surface area (Å²) in [5.74, 6) is 0. The first-order valence-corrected chi connectivity index (χ1v) is 19.2. The Hall–Kier alpha value is -1.96. The van der Waals surface area contributed by atoms with Gasteiger partial charge >= 0.3 is 26.2 Å². The Bertz CT molecular complexity index is 1970. The number of nitrogens with zero attached hydrogens (tertiary/aromatic N) is 2. The second-order valence-corrected chi connectivity index (χ2v) is 14.0. The Balaban J connectivity index is 0.000000200. The van der Waals surface area contributed by atoms with Crippen molar-refractivity contribution in [2.75, 3.05) is 25.0 Å². The minimum Gasteiger partial charge on any atom is -1.00 e. The van der Waals surface area contributed by atoms with E-state index in [9.17, 15) is 0 Å². The van der Waals surface area contributed by atoms with E-state index >= 15 is 0 Å². The molecule has 0 radical (unpaired) electrons. The van der Waals surface area contributed by atoms with Crippen LogP contribution in [0.2, 0.25) is 0 Å². The summed E-state index contributed by atoms with van der Waals surface area (Å²) in [4.78, 5) is 14.6. The minimum atomic E-state index is 0. The summed E-state index contributed by atoms with van der Waals surface area (Å²) in [7, 11) is 0. The average Bonchev–Trinajstić information content (AvgIpc) is 3.84. The number of fused-ring (bicyclic) bond motifs is 4. The largest absolute Gasteiger partial charge is 2.00 e. The Morgan fingerprint density at radius 1 is 0.468 bits per heavy atom. The molecular formula is C38H30Cl2N2S4Zr. The van der Waals surface area contributed by atoms with E-state index in [-0.39, 0.29) is 51.0 Å². The van der Waals surface area contributed by atoms with Gasteiger partial charge in [0.25, 0.3) is 0 Å². The number of rotatable bonds is 6. The van der Waals surface area contributed by atoms with Gasteiger partial charge in [0.2, 0.25) is 0 Å². The third kappa shape index (κ3) is 7.48. The molecule has 0 unspecified atom stereocenters. The monoisotopic (exact) mass is 802 g/mol. The summed E-state index contributed by atoms with van der Waals surface area (Å²) in [5.41, 5.74) is 12.5. The Morgan fingerprint density at radius 3 is 1.26 bits per heavy atom. The number of para-hydroxylation sites is 2. The minimum absolute atomic E-state index is 0. The average molecular weight is 805 g/mol. The summed E-state index contributed by atoms with van der Waals surface area (Å²) >= 11 is 7.22. The first-order chi connectivity index (χ1) is 21.6. The number of benzene rings is 2. The molecule has 9 heteroatoms. The molecule has 0 saturated heterocycles. The molecule has 0 saturated carbocycles. The van der Waals surface area contributed by atoms with Gasteiger partial charge in [-0.3, -0.25) is 9.97 Å². The van der Waals surface area contributed by atoms with Crippen molar-refractivity contribution in [1.29, 1.82) is 0 Å². The number of aromatic nitrogens is 2. The maximum atomic E-state index is 4.61. The van der Waals surface area contributed by atoms with Crippen molar-refractivity contribution in [3.05, 3.63) is 163 Å². The van der Waals surface area contributed by atoms with Gasteiger partial charge in [-0.1, -0.05) is 36.4 Å².